The van der Waals surface area contributed by atoms with Crippen LogP contribution in [0.25, 0.3) is 0 Å². The van der Waals surface area contributed by atoms with E-state index in [-0.39, 0.29) is 0 Å². The summed E-state index contributed by atoms with van der Waals surface area (Å²) >= 11 is 1.86. The number of hydrogen-bond acceptors (Lipinski definition) is 4. The molecule has 1 rings (SSSR count). The smallest absolute Gasteiger partial charge is 0.0900 e. The van der Waals surface area contributed by atoms with Gasteiger partial charge in [0.1, 0.15) is 0 Å². The molecule has 0 aromatic heterocycles. The fourth-order valence-electron chi connectivity index (χ4n) is 1.96. The van der Waals surface area contributed by atoms with Gasteiger partial charge in [-0.05, 0) is 38.0 Å². The summed E-state index contributed by atoms with van der Waals surface area (Å²) in [6.07, 6.45) is 2.84. The quantitative estimate of drug-likeness (QED) is 0.720. The third-order valence-corrected chi connectivity index (χ3v) is 4.06. The molecule has 0 heterocycles. The molecular formula is C16H27NO2S. The lowest BCUT2D eigenvalue weighted by atomic mass is 10.2. The Morgan fingerprint density at radius 2 is 2.00 bits per heavy atom. The molecule has 1 N–H and O–H groups in total. The van der Waals surface area contributed by atoms with Crippen molar-refractivity contribution in [3.8, 4) is 0 Å². The van der Waals surface area contributed by atoms with Crippen molar-refractivity contribution in [1.82, 2.24) is 4.90 Å². The normalized spacial score (nSPS) is 14.4. The van der Waals surface area contributed by atoms with E-state index in [4.69, 9.17) is 4.74 Å². The minimum atomic E-state index is -0.430. The van der Waals surface area contributed by atoms with E-state index in [9.17, 15) is 5.11 Å². The van der Waals surface area contributed by atoms with E-state index in [2.05, 4.69) is 25.1 Å². The largest absolute Gasteiger partial charge is 0.389 e. The molecule has 4 heteroatoms. The molecule has 0 saturated carbocycles. The molecule has 0 aliphatic rings. The molecule has 0 bridgehead atoms. The van der Waals surface area contributed by atoms with Crippen LogP contribution in [0.3, 0.4) is 0 Å². The lowest BCUT2D eigenvalue weighted by molar-refractivity contribution is 0.00854. The number of nitrogens with zero attached hydrogens (tertiary/aromatic N) is 1. The van der Waals surface area contributed by atoms with E-state index in [1.54, 1.807) is 0 Å². The fourth-order valence-corrected chi connectivity index (χ4v) is 2.54. The van der Waals surface area contributed by atoms with Crippen LogP contribution in [0.4, 0.5) is 0 Å². The molecule has 0 aliphatic heterocycles. The third kappa shape index (κ3) is 7.29. The number of rotatable bonds is 10. The lowest BCUT2D eigenvalue weighted by Gasteiger charge is -2.26. The Bertz CT molecular complexity index is 348. The lowest BCUT2D eigenvalue weighted by Crippen LogP contribution is -2.38. The monoisotopic (exact) mass is 297 g/mol. The highest BCUT2D eigenvalue weighted by Gasteiger charge is 2.13. The van der Waals surface area contributed by atoms with Gasteiger partial charge in [-0.1, -0.05) is 30.3 Å². The Morgan fingerprint density at radius 1 is 1.30 bits per heavy atom. The van der Waals surface area contributed by atoms with Crippen molar-refractivity contribution in [1.29, 1.82) is 0 Å². The third-order valence-electron chi connectivity index (χ3n) is 3.41. The van der Waals surface area contributed by atoms with Crippen LogP contribution in [0.2, 0.25) is 0 Å². The highest BCUT2D eigenvalue weighted by atomic mass is 32.2. The van der Waals surface area contributed by atoms with Crippen LogP contribution in [0, 0.1) is 0 Å². The standard InChI is InChI=1S/C16H27NO2S/c1-14(9-10-20-3)17(2)11-16(18)13-19-12-15-7-5-4-6-8-15/h4-8,14,16,18H,9-13H2,1-3H3. The van der Waals surface area contributed by atoms with Gasteiger partial charge in [-0.2, -0.15) is 11.8 Å². The molecule has 0 aliphatic carbocycles. The number of ether oxygens (including phenoxy) is 1. The number of thioether (sulfide) groups is 1. The number of aliphatic hydroxyl groups excluding tert-OH is 1. The highest BCUT2D eigenvalue weighted by molar-refractivity contribution is 7.98. The molecule has 0 saturated heterocycles. The predicted octanol–water partition coefficient (Wildman–Crippen LogP) is 2.64. The Labute approximate surface area is 127 Å². The van der Waals surface area contributed by atoms with Gasteiger partial charge in [-0.3, -0.25) is 0 Å². The van der Waals surface area contributed by atoms with Crippen molar-refractivity contribution in [3.05, 3.63) is 35.9 Å². The number of aliphatic hydroxyl groups is 1. The van der Waals surface area contributed by atoms with E-state index >= 15 is 0 Å². The van der Waals surface area contributed by atoms with Crippen molar-refractivity contribution in [2.75, 3.05) is 32.2 Å². The number of hydrogen-bond donors (Lipinski definition) is 1. The molecule has 2 atom stereocenters. The van der Waals surface area contributed by atoms with Crippen LogP contribution >= 0.6 is 11.8 Å². The maximum atomic E-state index is 10.0. The summed E-state index contributed by atoms with van der Waals surface area (Å²) in [6, 6.07) is 10.5. The van der Waals surface area contributed by atoms with E-state index in [0.29, 0.717) is 25.8 Å². The molecule has 0 radical (unpaired) electrons. The Balaban J connectivity index is 2.17. The molecule has 1 aromatic carbocycles. The average molecular weight is 297 g/mol. The average Bonchev–Trinajstić information content (AvgIpc) is 2.45. The minimum absolute atomic E-state index is 0.383. The van der Waals surface area contributed by atoms with Gasteiger partial charge < -0.3 is 14.7 Å². The van der Waals surface area contributed by atoms with Gasteiger partial charge in [0.05, 0.1) is 19.3 Å². The molecule has 20 heavy (non-hydrogen) atoms. The van der Waals surface area contributed by atoms with Crippen molar-refractivity contribution in [2.45, 2.75) is 32.1 Å². The van der Waals surface area contributed by atoms with E-state index < -0.39 is 6.10 Å². The summed E-state index contributed by atoms with van der Waals surface area (Å²) in [6.45, 7) is 3.80. The second kappa shape index (κ2) is 10.2. The van der Waals surface area contributed by atoms with Gasteiger partial charge in [0.15, 0.2) is 0 Å². The van der Waals surface area contributed by atoms with Crippen molar-refractivity contribution in [3.63, 3.8) is 0 Å². The van der Waals surface area contributed by atoms with Crippen LogP contribution < -0.4 is 0 Å². The van der Waals surface area contributed by atoms with Crippen LogP contribution in [-0.4, -0.2) is 54.4 Å². The van der Waals surface area contributed by atoms with Crippen molar-refractivity contribution in [2.24, 2.45) is 0 Å². The SMILES string of the molecule is CSCCC(C)N(C)CC(O)COCc1ccccc1. The van der Waals surface area contributed by atoms with Crippen LogP contribution in [0.15, 0.2) is 30.3 Å². The maximum absolute atomic E-state index is 10.0. The summed E-state index contributed by atoms with van der Waals surface area (Å²) in [7, 11) is 2.06. The first-order chi connectivity index (χ1) is 9.63. The molecule has 1 aromatic rings. The van der Waals surface area contributed by atoms with E-state index in [0.717, 1.165) is 17.7 Å². The van der Waals surface area contributed by atoms with E-state index in [1.807, 2.05) is 42.1 Å². The van der Waals surface area contributed by atoms with Gasteiger partial charge >= 0.3 is 0 Å². The summed E-state index contributed by atoms with van der Waals surface area (Å²) < 4.78 is 5.56. The first-order valence-corrected chi connectivity index (χ1v) is 8.51. The summed E-state index contributed by atoms with van der Waals surface area (Å²) in [5, 5.41) is 10.0. The van der Waals surface area contributed by atoms with Gasteiger partial charge in [-0.25, -0.2) is 0 Å². The zero-order valence-corrected chi connectivity index (χ0v) is 13.6. The van der Waals surface area contributed by atoms with E-state index in [1.165, 1.54) is 0 Å². The van der Waals surface area contributed by atoms with Crippen LogP contribution in [0.5, 0.6) is 0 Å². The molecule has 2 unspecified atom stereocenters. The maximum Gasteiger partial charge on any atom is 0.0900 e. The predicted molar refractivity (Wildman–Crippen MR) is 87.2 cm³/mol. The van der Waals surface area contributed by atoms with Crippen LogP contribution in [0.1, 0.15) is 18.9 Å². The Kier molecular flexibility index (Phi) is 8.94. The van der Waals surface area contributed by atoms with Gasteiger partial charge in [0.25, 0.3) is 0 Å². The Hall–Kier alpha value is -0.550. The summed E-state index contributed by atoms with van der Waals surface area (Å²) in [4.78, 5) is 2.20. The zero-order valence-electron chi connectivity index (χ0n) is 12.8. The molecule has 0 fully saturated rings. The molecule has 3 nitrogen and oxygen atoms in total. The Morgan fingerprint density at radius 3 is 2.65 bits per heavy atom. The summed E-state index contributed by atoms with van der Waals surface area (Å²) in [5.41, 5.74) is 1.14. The second-order valence-corrected chi connectivity index (χ2v) is 6.21. The number of benzene rings is 1. The zero-order chi connectivity index (χ0) is 14.8. The fraction of sp³-hybridized carbons (Fsp3) is 0.625. The van der Waals surface area contributed by atoms with Gasteiger partial charge in [-0.15, -0.1) is 0 Å². The van der Waals surface area contributed by atoms with Gasteiger partial charge in [0.2, 0.25) is 0 Å². The molecular weight excluding hydrogens is 270 g/mol. The molecule has 0 amide bonds. The van der Waals surface area contributed by atoms with Crippen LogP contribution in [-0.2, 0) is 11.3 Å². The molecule has 114 valence electrons. The first-order valence-electron chi connectivity index (χ1n) is 7.12. The number of likely N-dealkylation sites (N-methyl/N-ethyl adjacent to an activating group) is 1. The van der Waals surface area contributed by atoms with Crippen molar-refractivity contribution >= 4 is 11.8 Å². The highest BCUT2D eigenvalue weighted by Crippen LogP contribution is 2.07. The molecule has 0 spiro atoms. The summed E-state index contributed by atoms with van der Waals surface area (Å²) in [5.74, 6) is 1.16. The first kappa shape index (κ1) is 17.5. The van der Waals surface area contributed by atoms with Crippen molar-refractivity contribution < 1.29 is 9.84 Å². The minimum Gasteiger partial charge on any atom is -0.389 e. The van der Waals surface area contributed by atoms with Gasteiger partial charge in [0, 0.05) is 12.6 Å². The second-order valence-electron chi connectivity index (χ2n) is 5.22. The topological polar surface area (TPSA) is 32.7 Å².